The van der Waals surface area contributed by atoms with Crippen LogP contribution < -0.4 is 4.90 Å². The van der Waals surface area contributed by atoms with Gasteiger partial charge in [-0.05, 0) is 37.0 Å². The molecule has 0 saturated heterocycles. The average Bonchev–Trinajstić information content (AvgIpc) is 2.46. The highest BCUT2D eigenvalue weighted by molar-refractivity contribution is 5.90. The van der Waals surface area contributed by atoms with Gasteiger partial charge in [-0.1, -0.05) is 32.6 Å². The van der Waals surface area contributed by atoms with Crippen LogP contribution in [-0.4, -0.2) is 17.4 Å². The summed E-state index contributed by atoms with van der Waals surface area (Å²) in [6.07, 6.45) is 7.52. The maximum absolute atomic E-state index is 11.7. The summed E-state index contributed by atoms with van der Waals surface area (Å²) in [6, 6.07) is 2.01. The number of amides is 1. The van der Waals surface area contributed by atoms with Crippen LogP contribution in [0.2, 0.25) is 0 Å². The van der Waals surface area contributed by atoms with E-state index in [9.17, 15) is 4.79 Å². The van der Waals surface area contributed by atoms with Gasteiger partial charge >= 0.3 is 0 Å². The third-order valence-electron chi connectivity index (χ3n) is 3.30. The summed E-state index contributed by atoms with van der Waals surface area (Å²) in [5.74, 6) is 0.767. The van der Waals surface area contributed by atoms with Gasteiger partial charge < -0.3 is 0 Å². The van der Waals surface area contributed by atoms with Crippen molar-refractivity contribution in [3.8, 4) is 0 Å². The van der Waals surface area contributed by atoms with E-state index in [-0.39, 0.29) is 5.91 Å². The van der Waals surface area contributed by atoms with Crippen LogP contribution in [0.5, 0.6) is 0 Å². The maximum atomic E-state index is 11.7. The SMILES string of the molecule is C=C/C(=C\C)c1cnc(N(CCC)C(C)=O)cc1CC. The second-order valence-electron chi connectivity index (χ2n) is 4.67. The molecule has 0 bridgehead atoms. The third kappa shape index (κ3) is 3.56. The Morgan fingerprint density at radius 3 is 2.60 bits per heavy atom. The van der Waals surface area contributed by atoms with Gasteiger partial charge in [0.25, 0.3) is 0 Å². The minimum Gasteiger partial charge on any atom is -0.297 e. The molecule has 1 rings (SSSR count). The summed E-state index contributed by atoms with van der Waals surface area (Å²) in [7, 11) is 0. The first kappa shape index (κ1) is 16.2. The van der Waals surface area contributed by atoms with Gasteiger partial charge in [-0.25, -0.2) is 4.98 Å². The van der Waals surface area contributed by atoms with E-state index in [2.05, 4.69) is 25.4 Å². The lowest BCUT2D eigenvalue weighted by Gasteiger charge is -2.21. The molecule has 1 heterocycles. The van der Waals surface area contributed by atoms with Gasteiger partial charge in [-0.3, -0.25) is 9.69 Å². The second-order valence-corrected chi connectivity index (χ2v) is 4.67. The number of aryl methyl sites for hydroxylation is 1. The first-order valence-electron chi connectivity index (χ1n) is 7.15. The molecule has 0 aliphatic carbocycles. The minimum absolute atomic E-state index is 0.0316. The highest BCUT2D eigenvalue weighted by Crippen LogP contribution is 2.24. The Hall–Kier alpha value is -1.90. The molecule has 1 aromatic heterocycles. The van der Waals surface area contributed by atoms with Crippen molar-refractivity contribution in [3.05, 3.63) is 42.1 Å². The van der Waals surface area contributed by atoms with Gasteiger partial charge in [0.2, 0.25) is 5.91 Å². The Morgan fingerprint density at radius 2 is 2.15 bits per heavy atom. The summed E-state index contributed by atoms with van der Waals surface area (Å²) < 4.78 is 0. The molecule has 0 aliphatic rings. The van der Waals surface area contributed by atoms with Gasteiger partial charge in [0.1, 0.15) is 5.82 Å². The number of hydrogen-bond donors (Lipinski definition) is 0. The van der Waals surface area contributed by atoms with E-state index in [1.807, 2.05) is 31.3 Å². The lowest BCUT2D eigenvalue weighted by molar-refractivity contribution is -0.116. The molecule has 0 unspecified atom stereocenters. The fourth-order valence-electron chi connectivity index (χ4n) is 2.22. The maximum Gasteiger partial charge on any atom is 0.225 e. The number of nitrogens with zero attached hydrogens (tertiary/aromatic N) is 2. The Morgan fingerprint density at radius 1 is 1.45 bits per heavy atom. The van der Waals surface area contributed by atoms with Gasteiger partial charge in [-0.2, -0.15) is 0 Å². The molecule has 0 saturated carbocycles. The number of anilines is 1. The van der Waals surface area contributed by atoms with Crippen molar-refractivity contribution in [1.82, 2.24) is 4.98 Å². The van der Waals surface area contributed by atoms with Gasteiger partial charge in [0.15, 0.2) is 0 Å². The van der Waals surface area contributed by atoms with E-state index in [1.165, 1.54) is 5.56 Å². The molecule has 0 N–H and O–H groups in total. The number of aromatic nitrogens is 1. The fourth-order valence-corrected chi connectivity index (χ4v) is 2.22. The van der Waals surface area contributed by atoms with Gasteiger partial charge in [0.05, 0.1) is 0 Å². The number of allylic oxidation sites excluding steroid dienone is 3. The van der Waals surface area contributed by atoms with Crippen molar-refractivity contribution in [2.75, 3.05) is 11.4 Å². The lowest BCUT2D eigenvalue weighted by Crippen LogP contribution is -2.30. The molecule has 20 heavy (non-hydrogen) atoms. The van der Waals surface area contributed by atoms with Crippen molar-refractivity contribution in [2.24, 2.45) is 0 Å². The lowest BCUT2D eigenvalue weighted by atomic mass is 10.00. The van der Waals surface area contributed by atoms with Crippen LogP contribution in [0, 0.1) is 0 Å². The van der Waals surface area contributed by atoms with E-state index in [0.717, 1.165) is 29.8 Å². The fraction of sp³-hybridized carbons (Fsp3) is 0.412. The standard InChI is InChI=1S/C17H24N2O/c1-6-10-19(13(5)20)17-11-15(9-4)16(12-18-17)14(7-2)8-3/h7-8,11-12H,2,6,9-10H2,1,3-5H3/b14-8+. The zero-order valence-electron chi connectivity index (χ0n) is 12.9. The Bertz CT molecular complexity index is 518. The largest absolute Gasteiger partial charge is 0.297 e. The smallest absolute Gasteiger partial charge is 0.225 e. The normalized spacial score (nSPS) is 11.3. The number of rotatable bonds is 6. The summed E-state index contributed by atoms with van der Waals surface area (Å²) in [5.41, 5.74) is 3.35. The number of carbonyl (C=O) groups excluding carboxylic acids is 1. The summed E-state index contributed by atoms with van der Waals surface area (Å²) in [4.78, 5) is 17.9. The van der Waals surface area contributed by atoms with Crippen molar-refractivity contribution in [2.45, 2.75) is 40.5 Å². The van der Waals surface area contributed by atoms with Crippen LogP contribution >= 0.6 is 0 Å². The van der Waals surface area contributed by atoms with Crippen LogP contribution in [0.1, 0.15) is 45.2 Å². The molecular formula is C17H24N2O. The molecule has 0 atom stereocenters. The van der Waals surface area contributed by atoms with Crippen molar-refractivity contribution in [1.29, 1.82) is 0 Å². The molecule has 3 heteroatoms. The topological polar surface area (TPSA) is 33.2 Å². The zero-order valence-corrected chi connectivity index (χ0v) is 12.9. The van der Waals surface area contributed by atoms with Crippen LogP contribution in [0.4, 0.5) is 5.82 Å². The monoisotopic (exact) mass is 272 g/mol. The highest BCUT2D eigenvalue weighted by atomic mass is 16.2. The summed E-state index contributed by atoms with van der Waals surface area (Å²) >= 11 is 0. The van der Waals surface area contributed by atoms with Gasteiger partial charge in [-0.15, -0.1) is 0 Å². The molecule has 3 nitrogen and oxygen atoms in total. The summed E-state index contributed by atoms with van der Waals surface area (Å²) in [5, 5.41) is 0. The van der Waals surface area contributed by atoms with Crippen molar-refractivity contribution >= 4 is 17.3 Å². The Balaban J connectivity index is 3.27. The second kappa shape index (κ2) is 7.63. The molecule has 108 valence electrons. The number of carbonyl (C=O) groups is 1. The van der Waals surface area contributed by atoms with Crippen LogP contribution in [-0.2, 0) is 11.2 Å². The van der Waals surface area contributed by atoms with E-state index in [4.69, 9.17) is 0 Å². The van der Waals surface area contributed by atoms with Crippen molar-refractivity contribution < 1.29 is 4.79 Å². The zero-order chi connectivity index (χ0) is 15.1. The highest BCUT2D eigenvalue weighted by Gasteiger charge is 2.14. The minimum atomic E-state index is 0.0316. The van der Waals surface area contributed by atoms with E-state index >= 15 is 0 Å². The van der Waals surface area contributed by atoms with Crippen LogP contribution in [0.15, 0.2) is 31.0 Å². The molecular weight excluding hydrogens is 248 g/mol. The van der Waals surface area contributed by atoms with Crippen molar-refractivity contribution in [3.63, 3.8) is 0 Å². The molecule has 0 aromatic carbocycles. The molecule has 1 amide bonds. The molecule has 0 fully saturated rings. The Kier molecular flexibility index (Phi) is 6.16. The molecule has 0 aliphatic heterocycles. The first-order chi connectivity index (χ1) is 9.58. The van der Waals surface area contributed by atoms with Crippen LogP contribution in [0.3, 0.4) is 0 Å². The van der Waals surface area contributed by atoms with E-state index in [0.29, 0.717) is 6.54 Å². The number of pyridine rings is 1. The first-order valence-corrected chi connectivity index (χ1v) is 7.15. The molecule has 0 radical (unpaired) electrons. The van der Waals surface area contributed by atoms with E-state index in [1.54, 1.807) is 11.8 Å². The predicted octanol–water partition coefficient (Wildman–Crippen LogP) is 4.00. The number of hydrogen-bond acceptors (Lipinski definition) is 2. The third-order valence-corrected chi connectivity index (χ3v) is 3.30. The average molecular weight is 272 g/mol. The van der Waals surface area contributed by atoms with Crippen LogP contribution in [0.25, 0.3) is 5.57 Å². The Labute approximate surface area is 122 Å². The quantitative estimate of drug-likeness (QED) is 0.733. The summed E-state index contributed by atoms with van der Waals surface area (Å²) in [6.45, 7) is 12.3. The molecule has 0 spiro atoms. The molecule has 1 aromatic rings. The van der Waals surface area contributed by atoms with Gasteiger partial charge in [0, 0.05) is 25.2 Å². The van der Waals surface area contributed by atoms with E-state index < -0.39 is 0 Å². The predicted molar refractivity (Wildman–Crippen MR) is 85.8 cm³/mol.